The number of nitrogens with zero attached hydrogens (tertiary/aromatic N) is 4. The van der Waals surface area contributed by atoms with E-state index in [-0.39, 0.29) is 0 Å². The van der Waals surface area contributed by atoms with Gasteiger partial charge in [-0.1, -0.05) is 36.4 Å². The van der Waals surface area contributed by atoms with Crippen molar-refractivity contribution >= 4 is 22.8 Å². The molecule has 4 rings (SSSR count). The Morgan fingerprint density at radius 3 is 2.73 bits per heavy atom. The van der Waals surface area contributed by atoms with Gasteiger partial charge in [0.25, 0.3) is 0 Å². The SMILES string of the molecule is CN(CC1CN(c2nccc(-c3ccc4ccccc4c3)n2)C1)C(=O)O. The fourth-order valence-corrected chi connectivity index (χ4v) is 3.32. The highest BCUT2D eigenvalue weighted by atomic mass is 16.4. The monoisotopic (exact) mass is 348 g/mol. The van der Waals surface area contributed by atoms with Gasteiger partial charge in [-0.2, -0.15) is 0 Å². The van der Waals surface area contributed by atoms with Crippen LogP contribution in [0.1, 0.15) is 0 Å². The zero-order valence-electron chi connectivity index (χ0n) is 14.5. The zero-order valence-corrected chi connectivity index (χ0v) is 14.5. The van der Waals surface area contributed by atoms with Crippen molar-refractivity contribution < 1.29 is 9.90 Å². The lowest BCUT2D eigenvalue weighted by atomic mass is 10.0. The summed E-state index contributed by atoms with van der Waals surface area (Å²) in [6.07, 6.45) is 0.891. The number of hydrogen-bond acceptors (Lipinski definition) is 4. The molecule has 0 saturated carbocycles. The van der Waals surface area contributed by atoms with Gasteiger partial charge in [-0.05, 0) is 22.9 Å². The zero-order chi connectivity index (χ0) is 18.1. The molecule has 0 bridgehead atoms. The fourth-order valence-electron chi connectivity index (χ4n) is 3.32. The molecule has 1 fully saturated rings. The second-order valence-corrected chi connectivity index (χ2v) is 6.74. The Morgan fingerprint density at radius 2 is 1.96 bits per heavy atom. The van der Waals surface area contributed by atoms with E-state index >= 15 is 0 Å². The van der Waals surface area contributed by atoms with Crippen LogP contribution in [0, 0.1) is 5.92 Å². The molecule has 1 aliphatic heterocycles. The summed E-state index contributed by atoms with van der Waals surface area (Å²) in [5.74, 6) is 1.02. The molecule has 1 aliphatic rings. The van der Waals surface area contributed by atoms with Crippen LogP contribution in [-0.2, 0) is 0 Å². The number of fused-ring (bicyclic) bond motifs is 1. The number of amides is 1. The van der Waals surface area contributed by atoms with Gasteiger partial charge in [0.15, 0.2) is 0 Å². The molecule has 3 aromatic rings. The second kappa shape index (κ2) is 6.63. The predicted octanol–water partition coefficient (Wildman–Crippen LogP) is 3.34. The summed E-state index contributed by atoms with van der Waals surface area (Å²) in [5, 5.41) is 11.4. The van der Waals surface area contributed by atoms with E-state index in [9.17, 15) is 4.79 Å². The maximum absolute atomic E-state index is 10.9. The van der Waals surface area contributed by atoms with Crippen molar-refractivity contribution in [1.82, 2.24) is 14.9 Å². The number of carbonyl (C=O) groups is 1. The third-order valence-electron chi connectivity index (χ3n) is 4.79. The van der Waals surface area contributed by atoms with Gasteiger partial charge in [0.05, 0.1) is 5.69 Å². The van der Waals surface area contributed by atoms with E-state index in [2.05, 4.69) is 40.2 Å². The third-order valence-corrected chi connectivity index (χ3v) is 4.79. The smallest absolute Gasteiger partial charge is 0.407 e. The molecule has 1 amide bonds. The van der Waals surface area contributed by atoms with Crippen LogP contribution in [0.4, 0.5) is 10.7 Å². The number of anilines is 1. The van der Waals surface area contributed by atoms with Crippen molar-refractivity contribution in [2.45, 2.75) is 0 Å². The molecule has 2 heterocycles. The molecule has 1 N–H and O–H groups in total. The molecule has 0 unspecified atom stereocenters. The first-order valence-corrected chi connectivity index (χ1v) is 8.61. The second-order valence-electron chi connectivity index (χ2n) is 6.74. The first kappa shape index (κ1) is 16.3. The minimum absolute atomic E-state index is 0.323. The van der Waals surface area contributed by atoms with Crippen LogP contribution in [-0.4, -0.2) is 52.7 Å². The Morgan fingerprint density at radius 1 is 1.19 bits per heavy atom. The standard InChI is InChI=1S/C20H20N4O2/c1-23(20(25)26)11-14-12-24(13-14)19-21-9-8-18(22-19)17-7-6-15-4-2-3-5-16(15)10-17/h2-10,14H,11-13H2,1H3,(H,25,26). The predicted molar refractivity (Wildman–Crippen MR) is 101 cm³/mol. The van der Waals surface area contributed by atoms with Gasteiger partial charge in [-0.25, -0.2) is 14.8 Å². The largest absolute Gasteiger partial charge is 0.465 e. The highest BCUT2D eigenvalue weighted by Gasteiger charge is 2.30. The highest BCUT2D eigenvalue weighted by Crippen LogP contribution is 2.26. The van der Waals surface area contributed by atoms with E-state index in [1.807, 2.05) is 18.2 Å². The first-order chi connectivity index (χ1) is 12.6. The molecule has 0 spiro atoms. The average Bonchev–Trinajstić information content (AvgIpc) is 2.63. The Hall–Kier alpha value is -3.15. The minimum Gasteiger partial charge on any atom is -0.465 e. The summed E-state index contributed by atoms with van der Waals surface area (Å²) in [5.41, 5.74) is 1.96. The molecule has 6 heteroatoms. The van der Waals surface area contributed by atoms with Gasteiger partial charge < -0.3 is 14.9 Å². The van der Waals surface area contributed by atoms with Crippen LogP contribution in [0.2, 0.25) is 0 Å². The Kier molecular flexibility index (Phi) is 4.16. The molecule has 1 saturated heterocycles. The number of hydrogen-bond donors (Lipinski definition) is 1. The topological polar surface area (TPSA) is 69.6 Å². The molecule has 26 heavy (non-hydrogen) atoms. The minimum atomic E-state index is -0.891. The summed E-state index contributed by atoms with van der Waals surface area (Å²) in [6.45, 7) is 2.09. The van der Waals surface area contributed by atoms with Gasteiger partial charge in [-0.15, -0.1) is 0 Å². The van der Waals surface area contributed by atoms with E-state index < -0.39 is 6.09 Å². The summed E-state index contributed by atoms with van der Waals surface area (Å²) in [7, 11) is 1.60. The summed E-state index contributed by atoms with van der Waals surface area (Å²) >= 11 is 0. The van der Waals surface area contributed by atoms with Crippen LogP contribution in [0.25, 0.3) is 22.0 Å². The summed E-state index contributed by atoms with van der Waals surface area (Å²) < 4.78 is 0. The van der Waals surface area contributed by atoms with Gasteiger partial charge in [-0.3, -0.25) is 0 Å². The molecule has 1 aromatic heterocycles. The molecular formula is C20H20N4O2. The van der Waals surface area contributed by atoms with Crippen molar-refractivity contribution in [2.75, 3.05) is 31.6 Å². The average molecular weight is 348 g/mol. The van der Waals surface area contributed by atoms with Crippen molar-refractivity contribution in [3.8, 4) is 11.3 Å². The van der Waals surface area contributed by atoms with Gasteiger partial charge in [0.2, 0.25) is 5.95 Å². The number of benzene rings is 2. The van der Waals surface area contributed by atoms with E-state index in [0.29, 0.717) is 18.4 Å². The summed E-state index contributed by atoms with van der Waals surface area (Å²) in [4.78, 5) is 23.4. The molecule has 0 aliphatic carbocycles. The molecule has 2 aromatic carbocycles. The Balaban J connectivity index is 1.49. The highest BCUT2D eigenvalue weighted by molar-refractivity contribution is 5.86. The van der Waals surface area contributed by atoms with Crippen LogP contribution in [0.15, 0.2) is 54.7 Å². The lowest BCUT2D eigenvalue weighted by Gasteiger charge is -2.40. The summed E-state index contributed by atoms with van der Waals surface area (Å²) in [6, 6.07) is 16.5. The first-order valence-electron chi connectivity index (χ1n) is 8.61. The van der Waals surface area contributed by atoms with Crippen LogP contribution in [0.3, 0.4) is 0 Å². The molecule has 0 radical (unpaired) electrons. The number of rotatable bonds is 4. The van der Waals surface area contributed by atoms with E-state index in [1.165, 1.54) is 15.7 Å². The van der Waals surface area contributed by atoms with Crippen LogP contribution < -0.4 is 4.90 Å². The van der Waals surface area contributed by atoms with Crippen molar-refractivity contribution in [2.24, 2.45) is 5.92 Å². The van der Waals surface area contributed by atoms with E-state index in [0.717, 1.165) is 24.3 Å². The number of aromatic nitrogens is 2. The quantitative estimate of drug-likeness (QED) is 0.783. The lowest BCUT2D eigenvalue weighted by molar-refractivity contribution is 0.145. The molecule has 0 atom stereocenters. The van der Waals surface area contributed by atoms with Crippen LogP contribution in [0.5, 0.6) is 0 Å². The maximum Gasteiger partial charge on any atom is 0.407 e. The fraction of sp³-hybridized carbons (Fsp3) is 0.250. The van der Waals surface area contributed by atoms with Gasteiger partial charge >= 0.3 is 6.09 Å². The number of carboxylic acid groups (broad SMARTS) is 1. The Bertz CT molecular complexity index is 953. The third kappa shape index (κ3) is 3.18. The Labute approximate surface area is 151 Å². The van der Waals surface area contributed by atoms with Crippen LogP contribution >= 0.6 is 0 Å². The normalized spacial score (nSPS) is 14.3. The van der Waals surface area contributed by atoms with Gasteiger partial charge in [0, 0.05) is 44.4 Å². The van der Waals surface area contributed by atoms with Gasteiger partial charge in [0.1, 0.15) is 0 Å². The molecular weight excluding hydrogens is 328 g/mol. The lowest BCUT2D eigenvalue weighted by Crippen LogP contribution is -2.52. The van der Waals surface area contributed by atoms with Crippen molar-refractivity contribution in [3.05, 3.63) is 54.7 Å². The van der Waals surface area contributed by atoms with E-state index in [1.54, 1.807) is 13.2 Å². The molecule has 6 nitrogen and oxygen atoms in total. The van der Waals surface area contributed by atoms with E-state index in [4.69, 9.17) is 10.1 Å². The molecule has 132 valence electrons. The van der Waals surface area contributed by atoms with Crippen molar-refractivity contribution in [1.29, 1.82) is 0 Å². The maximum atomic E-state index is 10.9. The van der Waals surface area contributed by atoms with Crippen molar-refractivity contribution in [3.63, 3.8) is 0 Å².